The summed E-state index contributed by atoms with van der Waals surface area (Å²) in [6, 6.07) is 26.3. The van der Waals surface area contributed by atoms with E-state index in [4.69, 9.17) is 0 Å². The van der Waals surface area contributed by atoms with Gasteiger partial charge in [-0.1, -0.05) is 66.7 Å². The van der Waals surface area contributed by atoms with Crippen molar-refractivity contribution in [2.75, 3.05) is 0 Å². The Balaban J connectivity index is 2.22. The Kier molecular flexibility index (Phi) is 5.42. The maximum atomic E-state index is 2.97. The second-order valence-corrected chi connectivity index (χ2v) is 11.0. The van der Waals surface area contributed by atoms with Crippen LogP contribution in [0.3, 0.4) is 0 Å². The van der Waals surface area contributed by atoms with Crippen molar-refractivity contribution in [1.82, 2.24) is 0 Å². The molecule has 4 atom stereocenters. The quantitative estimate of drug-likeness (QED) is 0.315. The van der Waals surface area contributed by atoms with Gasteiger partial charge in [0.15, 0.2) is 0 Å². The van der Waals surface area contributed by atoms with Crippen molar-refractivity contribution in [3.8, 4) is 11.1 Å². The van der Waals surface area contributed by atoms with Gasteiger partial charge < -0.3 is 0 Å². The van der Waals surface area contributed by atoms with E-state index in [1.807, 2.05) is 0 Å². The van der Waals surface area contributed by atoms with Crippen molar-refractivity contribution in [2.24, 2.45) is 0 Å². The van der Waals surface area contributed by atoms with E-state index in [2.05, 4.69) is 110 Å². The van der Waals surface area contributed by atoms with Crippen molar-refractivity contribution in [1.29, 1.82) is 0 Å². The highest BCUT2D eigenvalue weighted by molar-refractivity contribution is 7.38. The van der Waals surface area contributed by atoms with Gasteiger partial charge in [-0.05, 0) is 49.9 Å². The van der Waals surface area contributed by atoms with Crippen molar-refractivity contribution in [3.05, 3.63) is 83.9 Å². The van der Waals surface area contributed by atoms with Crippen molar-refractivity contribution in [2.45, 2.75) is 10.8 Å². The summed E-state index contributed by atoms with van der Waals surface area (Å²) >= 11 is 0. The summed E-state index contributed by atoms with van der Waals surface area (Å²) in [4.78, 5) is 0. The van der Waals surface area contributed by atoms with E-state index in [0.717, 1.165) is 0 Å². The Morgan fingerprint density at radius 1 is 0.577 bits per heavy atom. The van der Waals surface area contributed by atoms with Crippen LogP contribution < -0.4 is 0 Å². The average molecular weight is 410 g/mol. The summed E-state index contributed by atoms with van der Waals surface area (Å²) in [6.45, 7) is 0. The van der Waals surface area contributed by atoms with Gasteiger partial charge in [-0.15, -0.1) is 37.0 Å². The maximum Gasteiger partial charge on any atom is 0.0138 e. The molecule has 4 aromatic carbocycles. The lowest BCUT2D eigenvalue weighted by molar-refractivity contribution is 1.27. The predicted molar refractivity (Wildman–Crippen MR) is 131 cm³/mol. The van der Waals surface area contributed by atoms with E-state index >= 15 is 0 Å². The summed E-state index contributed by atoms with van der Waals surface area (Å²) in [5, 5.41) is 5.79. The first kappa shape index (κ1) is 18.5. The van der Waals surface area contributed by atoms with Crippen LogP contribution in [-0.2, 0) is 0 Å². The minimum atomic E-state index is 0.284. The Bertz CT molecular complexity index is 1090. The molecule has 4 heteroatoms. The molecule has 0 aliphatic rings. The van der Waals surface area contributed by atoms with E-state index in [0.29, 0.717) is 5.40 Å². The zero-order valence-electron chi connectivity index (χ0n) is 14.4. The van der Waals surface area contributed by atoms with Gasteiger partial charge in [0, 0.05) is 10.8 Å². The smallest absolute Gasteiger partial charge is 0.0138 e. The molecule has 0 fully saturated rings. The lowest BCUT2D eigenvalue weighted by Crippen LogP contribution is -1.98. The lowest BCUT2D eigenvalue weighted by Gasteiger charge is -2.23. The van der Waals surface area contributed by atoms with E-state index in [9.17, 15) is 0 Å². The zero-order chi connectivity index (χ0) is 18.3. The molecule has 26 heavy (non-hydrogen) atoms. The van der Waals surface area contributed by atoms with Crippen LogP contribution in [0.2, 0.25) is 0 Å². The number of fused-ring (bicyclic) bond motifs is 2. The van der Waals surface area contributed by atoms with Crippen LogP contribution in [0.15, 0.2) is 72.8 Å². The molecule has 0 aliphatic carbocycles. The standard InChI is InChI=1S/C22H22P4/c23-21(24)18-12-14-7-2-4-10-16(14)19(20(18)22(25)26)17-11-5-8-13-6-1-3-9-15(13)17/h1-12,21-22H,23-26H2. The molecule has 4 unspecified atom stereocenters. The van der Waals surface area contributed by atoms with E-state index in [-0.39, 0.29) is 5.40 Å². The number of hydrogen-bond acceptors (Lipinski definition) is 0. The van der Waals surface area contributed by atoms with Crippen LogP contribution in [-0.4, -0.2) is 0 Å². The molecule has 0 N–H and O–H groups in total. The summed E-state index contributed by atoms with van der Waals surface area (Å²) < 4.78 is 0. The average Bonchev–Trinajstić information content (AvgIpc) is 2.65. The Labute approximate surface area is 164 Å². The van der Waals surface area contributed by atoms with Crippen molar-refractivity contribution >= 4 is 58.5 Å². The second-order valence-electron chi connectivity index (χ2n) is 6.55. The van der Waals surface area contributed by atoms with Crippen molar-refractivity contribution < 1.29 is 0 Å². The molecule has 0 saturated carbocycles. The number of rotatable bonds is 3. The van der Waals surface area contributed by atoms with Crippen LogP contribution in [0.5, 0.6) is 0 Å². The highest BCUT2D eigenvalue weighted by Gasteiger charge is 2.20. The van der Waals surface area contributed by atoms with Crippen LogP contribution in [0.25, 0.3) is 32.7 Å². The molecule has 0 radical (unpaired) electrons. The Morgan fingerprint density at radius 3 is 1.88 bits per heavy atom. The molecule has 0 bridgehead atoms. The monoisotopic (exact) mass is 410 g/mol. The molecular formula is C22H22P4. The van der Waals surface area contributed by atoms with Gasteiger partial charge in [-0.25, -0.2) is 0 Å². The van der Waals surface area contributed by atoms with Gasteiger partial charge in [0.1, 0.15) is 0 Å². The Hall–Kier alpha value is -0.880. The molecule has 130 valence electrons. The van der Waals surface area contributed by atoms with Crippen molar-refractivity contribution in [3.63, 3.8) is 0 Å². The highest BCUT2D eigenvalue weighted by Crippen LogP contribution is 2.49. The first-order valence-corrected chi connectivity index (χ1v) is 11.3. The third kappa shape index (κ3) is 3.24. The molecule has 0 heterocycles. The predicted octanol–water partition coefficient (Wildman–Crippen LogP) is 7.16. The Morgan fingerprint density at radius 2 is 1.19 bits per heavy atom. The second kappa shape index (κ2) is 7.63. The van der Waals surface area contributed by atoms with Gasteiger partial charge in [0.05, 0.1) is 0 Å². The summed E-state index contributed by atoms with van der Waals surface area (Å²) in [7, 11) is 11.8. The summed E-state index contributed by atoms with van der Waals surface area (Å²) in [5.74, 6) is 0. The first-order valence-electron chi connectivity index (χ1n) is 8.64. The largest absolute Gasteiger partial charge is 0.126 e. The third-order valence-corrected chi connectivity index (χ3v) is 6.26. The van der Waals surface area contributed by atoms with Crippen LogP contribution in [0, 0.1) is 0 Å². The number of hydrogen-bond donors (Lipinski definition) is 0. The van der Waals surface area contributed by atoms with Gasteiger partial charge in [-0.2, -0.15) is 0 Å². The molecule has 0 amide bonds. The van der Waals surface area contributed by atoms with Gasteiger partial charge in [-0.3, -0.25) is 0 Å². The maximum absolute atomic E-state index is 2.97. The minimum Gasteiger partial charge on any atom is -0.126 e. The van der Waals surface area contributed by atoms with Gasteiger partial charge in [0.2, 0.25) is 0 Å². The molecule has 0 spiro atoms. The van der Waals surface area contributed by atoms with E-state index in [1.165, 1.54) is 43.8 Å². The summed E-state index contributed by atoms with van der Waals surface area (Å²) in [6.07, 6.45) is 0. The SMILES string of the molecule is PC(P)c1cc2ccccc2c(-c2cccc3ccccc23)c1C(P)P. The third-order valence-electron chi connectivity index (χ3n) is 4.87. The fraction of sp³-hybridized carbons (Fsp3) is 0.0909. The molecule has 4 rings (SSSR count). The topological polar surface area (TPSA) is 0 Å². The molecular weight excluding hydrogens is 388 g/mol. The normalized spacial score (nSPS) is 11.8. The van der Waals surface area contributed by atoms with Gasteiger partial charge >= 0.3 is 0 Å². The van der Waals surface area contributed by atoms with Crippen LogP contribution in [0.1, 0.15) is 21.9 Å². The lowest BCUT2D eigenvalue weighted by atomic mass is 9.88. The first-order chi connectivity index (χ1) is 12.6. The van der Waals surface area contributed by atoms with Gasteiger partial charge in [0.25, 0.3) is 0 Å². The highest BCUT2D eigenvalue weighted by atomic mass is 31.1. The summed E-state index contributed by atoms with van der Waals surface area (Å²) in [5.41, 5.74) is 5.39. The van der Waals surface area contributed by atoms with E-state index in [1.54, 1.807) is 0 Å². The molecule has 0 aromatic heterocycles. The molecule has 0 saturated heterocycles. The van der Waals surface area contributed by atoms with Crippen LogP contribution in [0.4, 0.5) is 0 Å². The molecule has 4 aromatic rings. The number of benzene rings is 4. The van der Waals surface area contributed by atoms with Crippen LogP contribution >= 0.6 is 37.0 Å². The van der Waals surface area contributed by atoms with E-state index < -0.39 is 0 Å². The fourth-order valence-corrected chi connectivity index (χ4v) is 5.02. The fourth-order valence-electron chi connectivity index (χ4n) is 3.75. The molecule has 0 aliphatic heterocycles. The molecule has 0 nitrogen and oxygen atoms in total. The minimum absolute atomic E-state index is 0.284. The zero-order valence-corrected chi connectivity index (χ0v) is 19.0.